The van der Waals surface area contributed by atoms with Crippen molar-refractivity contribution in [2.45, 2.75) is 31.7 Å². The zero-order valence-electron chi connectivity index (χ0n) is 16.1. The third-order valence-electron chi connectivity index (χ3n) is 4.82. The highest BCUT2D eigenvalue weighted by Crippen LogP contribution is 2.21. The summed E-state index contributed by atoms with van der Waals surface area (Å²) < 4.78 is 40.5. The smallest absolute Gasteiger partial charge is 0.243 e. The van der Waals surface area contributed by atoms with E-state index in [1.54, 1.807) is 4.90 Å². The van der Waals surface area contributed by atoms with Crippen LogP contribution in [0.1, 0.15) is 25.0 Å². The normalized spacial score (nSPS) is 14.4. The third-order valence-corrected chi connectivity index (χ3v) is 6.64. The fourth-order valence-corrected chi connectivity index (χ4v) is 4.92. The lowest BCUT2D eigenvalue weighted by molar-refractivity contribution is -0.132. The van der Waals surface area contributed by atoms with Gasteiger partial charge in [0.05, 0.1) is 11.4 Å². The molecule has 0 atom stereocenters. The molecule has 0 aliphatic carbocycles. The third kappa shape index (κ3) is 4.59. The molecule has 28 heavy (non-hydrogen) atoms. The molecule has 0 saturated heterocycles. The largest absolute Gasteiger partial charge is 0.337 e. The molecule has 5 nitrogen and oxygen atoms in total. The van der Waals surface area contributed by atoms with E-state index in [2.05, 4.69) is 6.07 Å². The molecular weight excluding hydrogens is 379 g/mol. The quantitative estimate of drug-likeness (QED) is 0.744. The van der Waals surface area contributed by atoms with Crippen molar-refractivity contribution in [3.63, 3.8) is 0 Å². The Morgan fingerprint density at radius 2 is 1.75 bits per heavy atom. The van der Waals surface area contributed by atoms with Crippen LogP contribution in [-0.4, -0.2) is 43.2 Å². The second-order valence-electron chi connectivity index (χ2n) is 7.48. The monoisotopic (exact) mass is 404 g/mol. The highest BCUT2D eigenvalue weighted by Gasteiger charge is 2.30. The van der Waals surface area contributed by atoms with E-state index in [1.165, 1.54) is 22.0 Å². The molecule has 1 amide bonds. The first-order valence-corrected chi connectivity index (χ1v) is 10.8. The van der Waals surface area contributed by atoms with Crippen LogP contribution < -0.4 is 0 Å². The van der Waals surface area contributed by atoms with E-state index < -0.39 is 15.8 Å². The van der Waals surface area contributed by atoms with E-state index in [0.717, 1.165) is 24.1 Å². The van der Waals surface area contributed by atoms with Gasteiger partial charge in [0.15, 0.2) is 0 Å². The molecule has 2 aromatic rings. The lowest BCUT2D eigenvalue weighted by atomic mass is 10.00. The second kappa shape index (κ2) is 8.41. The predicted molar refractivity (Wildman–Crippen MR) is 106 cm³/mol. The van der Waals surface area contributed by atoms with Gasteiger partial charge in [-0.15, -0.1) is 0 Å². The number of hydrogen-bond acceptors (Lipinski definition) is 3. The van der Waals surface area contributed by atoms with Crippen molar-refractivity contribution in [3.05, 3.63) is 65.5 Å². The molecule has 150 valence electrons. The van der Waals surface area contributed by atoms with Crippen LogP contribution in [0.15, 0.2) is 53.4 Å². The van der Waals surface area contributed by atoms with Crippen LogP contribution in [-0.2, 0) is 27.8 Å². The van der Waals surface area contributed by atoms with Gasteiger partial charge >= 0.3 is 0 Å². The van der Waals surface area contributed by atoms with Crippen LogP contribution in [0.5, 0.6) is 0 Å². The average Bonchev–Trinajstić information content (AvgIpc) is 2.67. The number of fused-ring (bicyclic) bond motifs is 1. The minimum absolute atomic E-state index is 0.00802. The topological polar surface area (TPSA) is 57.7 Å². The van der Waals surface area contributed by atoms with Gasteiger partial charge in [0.25, 0.3) is 0 Å². The molecule has 0 spiro atoms. The maximum absolute atomic E-state index is 13.2. The summed E-state index contributed by atoms with van der Waals surface area (Å²) in [4.78, 5) is 14.6. The average molecular weight is 405 g/mol. The van der Waals surface area contributed by atoms with Crippen molar-refractivity contribution in [1.29, 1.82) is 0 Å². The van der Waals surface area contributed by atoms with Crippen molar-refractivity contribution >= 4 is 15.9 Å². The molecule has 0 N–H and O–H groups in total. The van der Waals surface area contributed by atoms with Crippen molar-refractivity contribution in [3.8, 4) is 0 Å². The second-order valence-corrected chi connectivity index (χ2v) is 9.42. The highest BCUT2D eigenvalue weighted by molar-refractivity contribution is 7.89. The lowest BCUT2D eigenvalue weighted by Crippen LogP contribution is -2.45. The van der Waals surface area contributed by atoms with E-state index in [4.69, 9.17) is 0 Å². The van der Waals surface area contributed by atoms with Gasteiger partial charge in [-0.3, -0.25) is 4.79 Å². The SMILES string of the molecule is CC(C)CN(CC(=O)N1CCc2ccccc2C1)S(=O)(=O)c1ccc(F)cc1. The molecule has 1 heterocycles. The summed E-state index contributed by atoms with van der Waals surface area (Å²) in [6, 6.07) is 12.7. The first-order valence-electron chi connectivity index (χ1n) is 9.37. The highest BCUT2D eigenvalue weighted by atomic mass is 32.2. The van der Waals surface area contributed by atoms with Gasteiger partial charge in [0.1, 0.15) is 5.82 Å². The molecule has 0 fully saturated rings. The molecule has 0 bridgehead atoms. The van der Waals surface area contributed by atoms with Crippen molar-refractivity contribution in [2.75, 3.05) is 19.6 Å². The maximum atomic E-state index is 13.2. The van der Waals surface area contributed by atoms with Crippen LogP contribution in [0.2, 0.25) is 0 Å². The Hall–Kier alpha value is -2.25. The van der Waals surface area contributed by atoms with Gasteiger partial charge in [0, 0.05) is 19.6 Å². The van der Waals surface area contributed by atoms with E-state index in [0.29, 0.717) is 13.1 Å². The van der Waals surface area contributed by atoms with E-state index in [1.807, 2.05) is 32.0 Å². The Kier molecular flexibility index (Phi) is 6.15. The number of halogens is 1. The molecular formula is C21H25FN2O3S. The molecule has 1 aliphatic rings. The number of nitrogens with zero attached hydrogens (tertiary/aromatic N) is 2. The summed E-state index contributed by atoms with van der Waals surface area (Å²) in [5.74, 6) is -0.677. The first kappa shape index (κ1) is 20.5. The fourth-order valence-electron chi connectivity index (χ4n) is 3.37. The number of hydrogen-bond donors (Lipinski definition) is 0. The van der Waals surface area contributed by atoms with E-state index in [-0.39, 0.29) is 29.8 Å². The summed E-state index contributed by atoms with van der Waals surface area (Å²) in [6.07, 6.45) is 0.761. The molecule has 0 radical (unpaired) electrons. The fraction of sp³-hybridized carbons (Fsp3) is 0.381. The van der Waals surface area contributed by atoms with E-state index in [9.17, 15) is 17.6 Å². The van der Waals surface area contributed by atoms with Crippen molar-refractivity contribution < 1.29 is 17.6 Å². The molecule has 0 saturated carbocycles. The zero-order chi connectivity index (χ0) is 20.3. The number of carbonyl (C=O) groups excluding carboxylic acids is 1. The minimum atomic E-state index is -3.89. The molecule has 2 aromatic carbocycles. The van der Waals surface area contributed by atoms with Crippen LogP contribution in [0.4, 0.5) is 4.39 Å². The van der Waals surface area contributed by atoms with Gasteiger partial charge in [-0.1, -0.05) is 38.1 Å². The first-order chi connectivity index (χ1) is 13.3. The number of amides is 1. The minimum Gasteiger partial charge on any atom is -0.337 e. The molecule has 1 aliphatic heterocycles. The summed E-state index contributed by atoms with van der Waals surface area (Å²) in [5.41, 5.74) is 2.32. The summed E-state index contributed by atoms with van der Waals surface area (Å²) in [5, 5.41) is 0. The Bertz CT molecular complexity index is 942. The van der Waals surface area contributed by atoms with E-state index >= 15 is 0 Å². The van der Waals surface area contributed by atoms with Crippen molar-refractivity contribution in [2.24, 2.45) is 5.92 Å². The van der Waals surface area contributed by atoms with Gasteiger partial charge in [-0.05, 0) is 47.7 Å². The molecule has 0 unspecified atom stereocenters. The predicted octanol–water partition coefficient (Wildman–Crippen LogP) is 3.06. The Morgan fingerprint density at radius 1 is 1.11 bits per heavy atom. The molecule has 3 rings (SSSR count). The standard InChI is InChI=1S/C21H25FN2O3S/c1-16(2)13-24(28(26,27)20-9-7-19(22)8-10-20)15-21(25)23-12-11-17-5-3-4-6-18(17)14-23/h3-10,16H,11-15H2,1-2H3. The van der Waals surface area contributed by atoms with Crippen LogP contribution in [0, 0.1) is 11.7 Å². The van der Waals surface area contributed by atoms with Gasteiger partial charge < -0.3 is 4.90 Å². The summed E-state index contributed by atoms with van der Waals surface area (Å²) in [6.45, 7) is 4.85. The van der Waals surface area contributed by atoms with Crippen LogP contribution in [0.3, 0.4) is 0 Å². The van der Waals surface area contributed by atoms with Gasteiger partial charge in [-0.25, -0.2) is 12.8 Å². The van der Waals surface area contributed by atoms with Gasteiger partial charge in [0.2, 0.25) is 15.9 Å². The van der Waals surface area contributed by atoms with Crippen LogP contribution >= 0.6 is 0 Å². The zero-order valence-corrected chi connectivity index (χ0v) is 17.0. The van der Waals surface area contributed by atoms with Crippen molar-refractivity contribution in [1.82, 2.24) is 9.21 Å². The Morgan fingerprint density at radius 3 is 2.39 bits per heavy atom. The number of carbonyl (C=O) groups is 1. The Balaban J connectivity index is 1.79. The lowest BCUT2D eigenvalue weighted by Gasteiger charge is -2.31. The molecule has 0 aromatic heterocycles. The number of benzene rings is 2. The van der Waals surface area contributed by atoms with Crippen LogP contribution in [0.25, 0.3) is 0 Å². The molecule has 7 heteroatoms. The number of rotatable bonds is 6. The Labute approximate surface area is 165 Å². The summed E-state index contributed by atoms with van der Waals surface area (Å²) in [7, 11) is -3.89. The van der Waals surface area contributed by atoms with Gasteiger partial charge in [-0.2, -0.15) is 4.31 Å². The number of sulfonamides is 1. The summed E-state index contributed by atoms with van der Waals surface area (Å²) >= 11 is 0. The maximum Gasteiger partial charge on any atom is 0.243 e.